The van der Waals surface area contributed by atoms with Gasteiger partial charge in [0.1, 0.15) is 16.5 Å². The monoisotopic (exact) mass is 524 g/mol. The summed E-state index contributed by atoms with van der Waals surface area (Å²) in [6.07, 6.45) is 4.52. The topological polar surface area (TPSA) is 75.4 Å². The number of nitrogens with one attached hydrogen (secondary N) is 1. The van der Waals surface area contributed by atoms with Crippen molar-refractivity contribution in [1.82, 2.24) is 19.4 Å². The number of pyridine rings is 1. The number of carbonyl (C=O) groups is 1. The Bertz CT molecular complexity index is 1520. The van der Waals surface area contributed by atoms with Crippen LogP contribution in [-0.2, 0) is 0 Å². The molecule has 1 N–H and O–H groups in total. The lowest BCUT2D eigenvalue weighted by molar-refractivity contribution is -0.0222. The Hall–Kier alpha value is -3.33. The average molecular weight is 525 g/mol. The first-order valence-corrected chi connectivity index (χ1v) is 12.9. The molecule has 1 saturated heterocycles. The van der Waals surface area contributed by atoms with Gasteiger partial charge in [-0.2, -0.15) is 0 Å². The molecule has 6 rings (SSSR count). The van der Waals surface area contributed by atoms with Gasteiger partial charge in [0.15, 0.2) is 6.29 Å². The molecule has 1 aliphatic heterocycles. The minimum Gasteiger partial charge on any atom is -0.377 e. The van der Waals surface area contributed by atoms with Crippen LogP contribution in [0.5, 0.6) is 0 Å². The number of benzene rings is 1. The Labute approximate surface area is 217 Å². The summed E-state index contributed by atoms with van der Waals surface area (Å²) >= 11 is 5.97. The fraction of sp³-hybridized carbons (Fsp3) is 0.407. The molecular formula is C27H27ClF2N6O. The number of piperidine rings is 1. The number of carbonyl (C=O) groups excluding carboxylic acids is 1. The smallest absolute Gasteiger partial charge is 0.251 e. The lowest BCUT2D eigenvalue weighted by atomic mass is 10.0. The number of rotatable bonds is 6. The highest BCUT2D eigenvalue weighted by Gasteiger charge is 2.36. The summed E-state index contributed by atoms with van der Waals surface area (Å²) in [7, 11) is 0. The lowest BCUT2D eigenvalue weighted by Crippen LogP contribution is -2.40. The molecule has 1 unspecified atom stereocenters. The van der Waals surface area contributed by atoms with E-state index in [0.29, 0.717) is 23.8 Å². The van der Waals surface area contributed by atoms with Crippen molar-refractivity contribution in [3.05, 3.63) is 58.1 Å². The van der Waals surface area contributed by atoms with E-state index in [2.05, 4.69) is 22.4 Å². The highest BCUT2D eigenvalue weighted by molar-refractivity contribution is 6.29. The standard InChI is InChI=1S/C27H27ClF2N6O/c1-15-11-18(16(2)31-20-5-6-23(28)32-22(20)14-37)24-19(12-15)25-33-21(17-3-4-17)13-36(25)26(34-24)35-9-7-27(29,30)8-10-35/h5-6,11-14,16-17,31H,3-4,7-10H2,1-2H3. The van der Waals surface area contributed by atoms with Crippen LogP contribution in [0.4, 0.5) is 20.4 Å². The van der Waals surface area contributed by atoms with Crippen molar-refractivity contribution in [3.8, 4) is 0 Å². The molecule has 7 nitrogen and oxygen atoms in total. The number of fused-ring (bicyclic) bond motifs is 3. The maximum atomic E-state index is 14.0. The normalized spacial score (nSPS) is 18.4. The molecule has 3 aromatic heterocycles. The third kappa shape index (κ3) is 4.50. The third-order valence-corrected chi connectivity index (χ3v) is 7.50. The molecular weight excluding hydrogens is 498 g/mol. The van der Waals surface area contributed by atoms with E-state index in [9.17, 15) is 13.6 Å². The van der Waals surface area contributed by atoms with Crippen LogP contribution in [0.25, 0.3) is 16.6 Å². The number of aryl methyl sites for hydroxylation is 1. The van der Waals surface area contributed by atoms with E-state index in [1.165, 1.54) is 0 Å². The highest BCUT2D eigenvalue weighted by atomic mass is 35.5. The summed E-state index contributed by atoms with van der Waals surface area (Å²) < 4.78 is 29.9. The van der Waals surface area contributed by atoms with Crippen molar-refractivity contribution in [2.24, 2.45) is 0 Å². The number of hydrogen-bond acceptors (Lipinski definition) is 6. The molecule has 0 bridgehead atoms. The maximum absolute atomic E-state index is 14.0. The van der Waals surface area contributed by atoms with Crippen LogP contribution in [0.3, 0.4) is 0 Å². The molecule has 0 radical (unpaired) electrons. The van der Waals surface area contributed by atoms with E-state index in [1.54, 1.807) is 12.1 Å². The zero-order valence-electron chi connectivity index (χ0n) is 20.6. The van der Waals surface area contributed by atoms with Gasteiger partial charge >= 0.3 is 0 Å². The van der Waals surface area contributed by atoms with E-state index in [0.717, 1.165) is 46.2 Å². The molecule has 192 valence electrons. The van der Waals surface area contributed by atoms with Crippen LogP contribution in [-0.4, -0.2) is 44.7 Å². The number of imidazole rings is 1. The summed E-state index contributed by atoms with van der Waals surface area (Å²) in [4.78, 5) is 27.7. The summed E-state index contributed by atoms with van der Waals surface area (Å²) in [6, 6.07) is 7.26. The molecule has 4 aromatic rings. The van der Waals surface area contributed by atoms with Gasteiger partial charge in [-0.1, -0.05) is 17.7 Å². The zero-order valence-corrected chi connectivity index (χ0v) is 21.4. The van der Waals surface area contributed by atoms with Crippen molar-refractivity contribution in [2.45, 2.75) is 57.4 Å². The van der Waals surface area contributed by atoms with Crippen LogP contribution in [0.1, 0.15) is 71.9 Å². The molecule has 0 amide bonds. The van der Waals surface area contributed by atoms with E-state index in [1.807, 2.05) is 29.3 Å². The van der Waals surface area contributed by atoms with Gasteiger partial charge in [-0.05, 0) is 50.5 Å². The quantitative estimate of drug-likeness (QED) is 0.234. The Kier molecular flexibility index (Phi) is 5.78. The summed E-state index contributed by atoms with van der Waals surface area (Å²) in [5, 5.41) is 4.54. The van der Waals surface area contributed by atoms with Gasteiger partial charge in [-0.15, -0.1) is 0 Å². The van der Waals surface area contributed by atoms with Crippen molar-refractivity contribution in [2.75, 3.05) is 23.3 Å². The van der Waals surface area contributed by atoms with E-state index < -0.39 is 5.92 Å². The first-order valence-electron chi connectivity index (χ1n) is 12.6. The Morgan fingerprint density at radius 2 is 1.92 bits per heavy atom. The second-order valence-electron chi connectivity index (χ2n) is 10.2. The number of anilines is 2. The minimum atomic E-state index is -2.65. The molecule has 1 aliphatic carbocycles. The number of halogens is 3. The van der Waals surface area contributed by atoms with Gasteiger partial charge in [-0.3, -0.25) is 9.20 Å². The summed E-state index contributed by atoms with van der Waals surface area (Å²) in [5.74, 6) is -1.57. The summed E-state index contributed by atoms with van der Waals surface area (Å²) in [6.45, 7) is 4.47. The van der Waals surface area contributed by atoms with Crippen LogP contribution in [0.2, 0.25) is 5.15 Å². The SMILES string of the molecule is Cc1cc(C(C)Nc2ccc(Cl)nc2C=O)c2nc(N3CCC(F)(F)CC3)n3cc(C4CC4)nc3c2c1. The molecule has 1 atom stereocenters. The Morgan fingerprint density at radius 3 is 2.62 bits per heavy atom. The van der Waals surface area contributed by atoms with E-state index >= 15 is 0 Å². The van der Waals surface area contributed by atoms with Crippen molar-refractivity contribution >= 4 is 46.1 Å². The number of aldehydes is 1. The predicted molar refractivity (Wildman–Crippen MR) is 140 cm³/mol. The first kappa shape index (κ1) is 24.0. The van der Waals surface area contributed by atoms with E-state index in [4.69, 9.17) is 21.6 Å². The lowest BCUT2D eigenvalue weighted by Gasteiger charge is -2.33. The van der Waals surface area contributed by atoms with Gasteiger partial charge < -0.3 is 10.2 Å². The second-order valence-corrected chi connectivity index (χ2v) is 10.6. The Balaban J connectivity index is 1.50. The van der Waals surface area contributed by atoms with Crippen LogP contribution in [0, 0.1) is 6.92 Å². The summed E-state index contributed by atoms with van der Waals surface area (Å²) in [5.41, 5.74) is 5.33. The predicted octanol–water partition coefficient (Wildman–Crippen LogP) is 6.34. The molecule has 2 fully saturated rings. The number of nitrogens with zero attached hydrogens (tertiary/aromatic N) is 5. The van der Waals surface area contributed by atoms with E-state index in [-0.39, 0.29) is 42.8 Å². The molecule has 1 aromatic carbocycles. The minimum absolute atomic E-state index is 0.199. The maximum Gasteiger partial charge on any atom is 0.251 e. The van der Waals surface area contributed by atoms with Crippen molar-refractivity contribution < 1.29 is 13.6 Å². The van der Waals surface area contributed by atoms with Gasteiger partial charge in [0.25, 0.3) is 5.92 Å². The first-order chi connectivity index (χ1) is 17.7. The molecule has 37 heavy (non-hydrogen) atoms. The third-order valence-electron chi connectivity index (χ3n) is 7.29. The van der Waals surface area contributed by atoms with Gasteiger partial charge in [0.05, 0.1) is 22.9 Å². The molecule has 2 aliphatic rings. The number of aromatic nitrogens is 4. The van der Waals surface area contributed by atoms with Crippen molar-refractivity contribution in [1.29, 1.82) is 0 Å². The van der Waals surface area contributed by atoms with Crippen LogP contribution in [0.15, 0.2) is 30.5 Å². The van der Waals surface area contributed by atoms with Crippen LogP contribution < -0.4 is 10.2 Å². The van der Waals surface area contributed by atoms with Crippen LogP contribution >= 0.6 is 11.6 Å². The molecule has 0 spiro atoms. The van der Waals surface area contributed by atoms with Gasteiger partial charge in [0, 0.05) is 49.0 Å². The molecule has 1 saturated carbocycles. The second kappa shape index (κ2) is 8.90. The molecule has 10 heteroatoms. The fourth-order valence-corrected chi connectivity index (χ4v) is 5.29. The number of alkyl halides is 2. The Morgan fingerprint density at radius 1 is 1.16 bits per heavy atom. The molecule has 4 heterocycles. The zero-order chi connectivity index (χ0) is 25.9. The highest BCUT2D eigenvalue weighted by Crippen LogP contribution is 2.41. The number of hydrogen-bond donors (Lipinski definition) is 1. The largest absolute Gasteiger partial charge is 0.377 e. The van der Waals surface area contributed by atoms with Gasteiger partial charge in [-0.25, -0.2) is 23.7 Å². The van der Waals surface area contributed by atoms with Crippen molar-refractivity contribution in [3.63, 3.8) is 0 Å². The average Bonchev–Trinajstić information content (AvgIpc) is 3.62. The van der Waals surface area contributed by atoms with Gasteiger partial charge in [0.2, 0.25) is 5.95 Å². The fourth-order valence-electron chi connectivity index (χ4n) is 5.13.